The second kappa shape index (κ2) is 4.11. The lowest BCUT2D eigenvalue weighted by Gasteiger charge is -2.33. The molecule has 2 unspecified atom stereocenters. The monoisotopic (exact) mass is 206 g/mol. The van der Waals surface area contributed by atoms with E-state index in [1.165, 1.54) is 5.56 Å². The van der Waals surface area contributed by atoms with Crippen LogP contribution in [0.1, 0.15) is 12.5 Å². The van der Waals surface area contributed by atoms with Crippen LogP contribution in [0.4, 0.5) is 5.69 Å². The lowest BCUT2D eigenvalue weighted by molar-refractivity contribution is 0.174. The maximum absolute atomic E-state index is 5.94. The summed E-state index contributed by atoms with van der Waals surface area (Å²) < 4.78 is 5.94. The molecule has 1 heterocycles. The largest absolute Gasteiger partial charge is 0.485 e. The quantitative estimate of drug-likeness (QED) is 0.773. The Hall–Kier alpha value is -1.22. The molecule has 0 saturated carbocycles. The Bertz CT molecular complexity index is 351. The highest BCUT2D eigenvalue weighted by molar-refractivity contribution is 5.59. The van der Waals surface area contributed by atoms with Crippen LogP contribution in [0.25, 0.3) is 0 Å². The molecule has 0 saturated heterocycles. The SMILES string of the molecule is CNCC1Oc2cc(C)ccc2NC1C. The van der Waals surface area contributed by atoms with E-state index in [-0.39, 0.29) is 6.10 Å². The Kier molecular flexibility index (Phi) is 2.82. The van der Waals surface area contributed by atoms with E-state index in [1.54, 1.807) is 0 Å². The smallest absolute Gasteiger partial charge is 0.143 e. The summed E-state index contributed by atoms with van der Waals surface area (Å²) in [6.45, 7) is 5.08. The van der Waals surface area contributed by atoms with E-state index in [4.69, 9.17) is 4.74 Å². The van der Waals surface area contributed by atoms with Gasteiger partial charge < -0.3 is 15.4 Å². The van der Waals surface area contributed by atoms with E-state index in [0.29, 0.717) is 6.04 Å². The fourth-order valence-electron chi connectivity index (χ4n) is 1.87. The maximum Gasteiger partial charge on any atom is 0.143 e. The van der Waals surface area contributed by atoms with E-state index in [9.17, 15) is 0 Å². The first-order valence-electron chi connectivity index (χ1n) is 5.39. The highest BCUT2D eigenvalue weighted by atomic mass is 16.5. The van der Waals surface area contributed by atoms with E-state index in [1.807, 2.05) is 7.05 Å². The van der Waals surface area contributed by atoms with Gasteiger partial charge in [-0.15, -0.1) is 0 Å². The highest BCUT2D eigenvalue weighted by Crippen LogP contribution is 2.31. The zero-order valence-corrected chi connectivity index (χ0v) is 9.50. The summed E-state index contributed by atoms with van der Waals surface area (Å²) in [4.78, 5) is 0. The molecule has 0 aliphatic carbocycles. The summed E-state index contributed by atoms with van der Waals surface area (Å²) in [6, 6.07) is 6.60. The van der Waals surface area contributed by atoms with Crippen LogP contribution in [0.2, 0.25) is 0 Å². The molecule has 82 valence electrons. The number of fused-ring (bicyclic) bond motifs is 1. The number of aryl methyl sites for hydroxylation is 1. The van der Waals surface area contributed by atoms with E-state index in [0.717, 1.165) is 18.0 Å². The summed E-state index contributed by atoms with van der Waals surface area (Å²) in [5.41, 5.74) is 2.33. The molecule has 1 aromatic rings. The van der Waals surface area contributed by atoms with Crippen molar-refractivity contribution < 1.29 is 4.74 Å². The first-order chi connectivity index (χ1) is 7.20. The summed E-state index contributed by atoms with van der Waals surface area (Å²) in [6.07, 6.45) is 0.198. The van der Waals surface area contributed by atoms with Crippen LogP contribution >= 0.6 is 0 Å². The topological polar surface area (TPSA) is 33.3 Å². The molecule has 2 atom stereocenters. The van der Waals surface area contributed by atoms with Crippen LogP contribution < -0.4 is 15.4 Å². The number of nitrogens with one attached hydrogen (secondary N) is 2. The van der Waals surface area contributed by atoms with Crippen LogP contribution in [0, 0.1) is 6.92 Å². The van der Waals surface area contributed by atoms with Crippen LogP contribution in [0.5, 0.6) is 5.75 Å². The van der Waals surface area contributed by atoms with Gasteiger partial charge >= 0.3 is 0 Å². The summed E-state index contributed by atoms with van der Waals surface area (Å²) in [5, 5.41) is 6.61. The fourth-order valence-corrected chi connectivity index (χ4v) is 1.87. The van der Waals surface area contributed by atoms with Gasteiger partial charge in [0.25, 0.3) is 0 Å². The molecule has 3 heteroatoms. The standard InChI is InChI=1S/C12H18N2O/c1-8-4-5-10-11(6-8)15-12(7-13-3)9(2)14-10/h4-6,9,12-14H,7H2,1-3H3. The Balaban J connectivity index is 2.22. The maximum atomic E-state index is 5.94. The van der Waals surface area contributed by atoms with Crippen molar-refractivity contribution in [3.8, 4) is 5.75 Å². The third-order valence-electron chi connectivity index (χ3n) is 2.76. The van der Waals surface area contributed by atoms with Crippen LogP contribution in [-0.4, -0.2) is 25.7 Å². The van der Waals surface area contributed by atoms with Gasteiger partial charge in [0.1, 0.15) is 11.9 Å². The zero-order valence-electron chi connectivity index (χ0n) is 9.50. The van der Waals surface area contributed by atoms with Crippen molar-refractivity contribution in [1.29, 1.82) is 0 Å². The van der Waals surface area contributed by atoms with Gasteiger partial charge in [-0.25, -0.2) is 0 Å². The summed E-state index contributed by atoms with van der Waals surface area (Å²) >= 11 is 0. The first-order valence-corrected chi connectivity index (χ1v) is 5.39. The molecule has 15 heavy (non-hydrogen) atoms. The second-order valence-electron chi connectivity index (χ2n) is 4.15. The lowest BCUT2D eigenvalue weighted by atomic mass is 10.1. The Morgan fingerprint density at radius 1 is 1.47 bits per heavy atom. The van der Waals surface area contributed by atoms with Gasteiger partial charge in [-0.1, -0.05) is 6.07 Å². The molecule has 2 rings (SSSR count). The van der Waals surface area contributed by atoms with Crippen molar-refractivity contribution >= 4 is 5.69 Å². The molecule has 1 aliphatic rings. The predicted molar refractivity (Wildman–Crippen MR) is 62.6 cm³/mol. The summed E-state index contributed by atoms with van der Waals surface area (Å²) in [5.74, 6) is 0.966. The van der Waals surface area contributed by atoms with Crippen LogP contribution in [0.15, 0.2) is 18.2 Å². The van der Waals surface area contributed by atoms with Gasteiger partial charge in [-0.3, -0.25) is 0 Å². The van der Waals surface area contributed by atoms with Crippen molar-refractivity contribution in [3.05, 3.63) is 23.8 Å². The number of hydrogen-bond donors (Lipinski definition) is 2. The van der Waals surface area contributed by atoms with Gasteiger partial charge in [-0.2, -0.15) is 0 Å². The average molecular weight is 206 g/mol. The molecule has 0 aromatic heterocycles. The van der Waals surface area contributed by atoms with E-state index in [2.05, 4.69) is 42.7 Å². The van der Waals surface area contributed by atoms with Crippen molar-refractivity contribution in [2.75, 3.05) is 18.9 Å². The Morgan fingerprint density at radius 2 is 2.27 bits per heavy atom. The number of rotatable bonds is 2. The molecular weight excluding hydrogens is 188 g/mol. The van der Waals surface area contributed by atoms with E-state index >= 15 is 0 Å². The number of hydrogen-bond acceptors (Lipinski definition) is 3. The van der Waals surface area contributed by atoms with Crippen molar-refractivity contribution in [2.24, 2.45) is 0 Å². The molecule has 1 aliphatic heterocycles. The van der Waals surface area contributed by atoms with Crippen LogP contribution in [0.3, 0.4) is 0 Å². The predicted octanol–water partition coefficient (Wildman–Crippen LogP) is 1.78. The van der Waals surface area contributed by atoms with Crippen molar-refractivity contribution in [1.82, 2.24) is 5.32 Å². The molecule has 0 radical (unpaired) electrons. The zero-order chi connectivity index (χ0) is 10.8. The molecule has 2 N–H and O–H groups in total. The molecular formula is C12H18N2O. The third kappa shape index (κ3) is 2.07. The van der Waals surface area contributed by atoms with Crippen molar-refractivity contribution in [2.45, 2.75) is 26.0 Å². The van der Waals surface area contributed by atoms with Gasteiger partial charge in [0.15, 0.2) is 0 Å². The first kappa shape index (κ1) is 10.3. The van der Waals surface area contributed by atoms with Gasteiger partial charge in [-0.05, 0) is 38.6 Å². The normalized spacial score (nSPS) is 23.9. The summed E-state index contributed by atoms with van der Waals surface area (Å²) in [7, 11) is 1.95. The number of anilines is 1. The number of ether oxygens (including phenoxy) is 1. The Labute approximate surface area is 90.8 Å². The molecule has 0 bridgehead atoms. The van der Waals surface area contributed by atoms with Gasteiger partial charge in [0, 0.05) is 6.54 Å². The molecule has 3 nitrogen and oxygen atoms in total. The highest BCUT2D eigenvalue weighted by Gasteiger charge is 2.25. The van der Waals surface area contributed by atoms with Gasteiger partial charge in [0.05, 0.1) is 11.7 Å². The van der Waals surface area contributed by atoms with E-state index < -0.39 is 0 Å². The van der Waals surface area contributed by atoms with Gasteiger partial charge in [0.2, 0.25) is 0 Å². The average Bonchev–Trinajstić information content (AvgIpc) is 2.20. The molecule has 0 spiro atoms. The number of likely N-dealkylation sites (N-methyl/N-ethyl adjacent to an activating group) is 1. The minimum absolute atomic E-state index is 0.198. The Morgan fingerprint density at radius 3 is 3.00 bits per heavy atom. The molecule has 0 fully saturated rings. The fraction of sp³-hybridized carbons (Fsp3) is 0.500. The minimum atomic E-state index is 0.198. The minimum Gasteiger partial charge on any atom is -0.485 e. The van der Waals surface area contributed by atoms with Crippen molar-refractivity contribution in [3.63, 3.8) is 0 Å². The van der Waals surface area contributed by atoms with Crippen LogP contribution in [-0.2, 0) is 0 Å². The molecule has 1 aromatic carbocycles. The lowest BCUT2D eigenvalue weighted by Crippen LogP contribution is -2.45. The molecule has 0 amide bonds. The second-order valence-corrected chi connectivity index (χ2v) is 4.15. The third-order valence-corrected chi connectivity index (χ3v) is 2.76. The number of benzene rings is 1.